The zero-order valence-electron chi connectivity index (χ0n) is 10.5. The Morgan fingerprint density at radius 1 is 1.33 bits per heavy atom. The van der Waals surface area contributed by atoms with Crippen LogP contribution in [0.4, 0.5) is 0 Å². The Morgan fingerprint density at radius 3 is 2.61 bits per heavy atom. The molecule has 2 aromatic rings. The summed E-state index contributed by atoms with van der Waals surface area (Å²) in [5, 5.41) is 15.4. The van der Waals surface area contributed by atoms with Gasteiger partial charge in [0.2, 0.25) is 0 Å². The van der Waals surface area contributed by atoms with Crippen molar-refractivity contribution in [1.29, 1.82) is 0 Å². The van der Waals surface area contributed by atoms with E-state index in [0.717, 1.165) is 23.3 Å². The monoisotopic (exact) mass is 309 g/mol. The second-order valence-corrected chi connectivity index (χ2v) is 5.12. The van der Waals surface area contributed by atoms with Crippen LogP contribution in [-0.4, -0.2) is 33.8 Å². The summed E-state index contributed by atoms with van der Waals surface area (Å²) in [6.45, 7) is 0.889. The Hall–Kier alpha value is -1.27. The smallest absolute Gasteiger partial charge is 0.175 e. The zero-order valence-corrected chi connectivity index (χ0v) is 12.1. The van der Waals surface area contributed by atoms with Gasteiger partial charge >= 0.3 is 0 Å². The van der Waals surface area contributed by atoms with Crippen LogP contribution in [0.3, 0.4) is 0 Å². The number of aromatic nitrogens is 4. The first kappa shape index (κ1) is 13.2. The first-order valence-corrected chi connectivity index (χ1v) is 6.61. The van der Waals surface area contributed by atoms with E-state index in [9.17, 15) is 0 Å². The Bertz CT molecular complexity index is 493. The molecule has 18 heavy (non-hydrogen) atoms. The summed E-state index contributed by atoms with van der Waals surface area (Å²) >= 11 is 3.45. The average Bonchev–Trinajstić information content (AvgIpc) is 2.75. The summed E-state index contributed by atoms with van der Waals surface area (Å²) in [6, 6.07) is 8.37. The minimum Gasteiger partial charge on any atom is -0.319 e. The van der Waals surface area contributed by atoms with E-state index < -0.39 is 0 Å². The van der Waals surface area contributed by atoms with E-state index in [1.165, 1.54) is 10.4 Å². The molecule has 0 aliphatic rings. The Balaban J connectivity index is 2.14. The van der Waals surface area contributed by atoms with E-state index in [1.807, 2.05) is 7.05 Å². The third-order valence-corrected chi connectivity index (χ3v) is 3.30. The molecule has 1 aromatic carbocycles. The molecule has 0 amide bonds. The maximum Gasteiger partial charge on any atom is 0.175 e. The lowest BCUT2D eigenvalue weighted by Gasteiger charge is -2.15. The van der Waals surface area contributed by atoms with Crippen molar-refractivity contribution in [1.82, 2.24) is 25.5 Å². The molecule has 0 fully saturated rings. The van der Waals surface area contributed by atoms with Crippen LogP contribution < -0.4 is 5.32 Å². The molecule has 1 aromatic heterocycles. The van der Waals surface area contributed by atoms with Gasteiger partial charge in [-0.25, -0.2) is 0 Å². The molecule has 1 heterocycles. The summed E-state index contributed by atoms with van der Waals surface area (Å²) in [4.78, 5) is 1.49. The summed E-state index contributed by atoms with van der Waals surface area (Å²) in [7, 11) is 3.74. The van der Waals surface area contributed by atoms with E-state index in [2.05, 4.69) is 60.9 Å². The highest BCUT2D eigenvalue weighted by Gasteiger charge is 2.14. The normalized spacial score (nSPS) is 12.6. The van der Waals surface area contributed by atoms with Crippen LogP contribution in [0, 0.1) is 0 Å². The number of likely N-dealkylation sites (N-methyl/N-ethyl adjacent to an activating group) is 1. The van der Waals surface area contributed by atoms with Gasteiger partial charge in [0.25, 0.3) is 0 Å². The highest BCUT2D eigenvalue weighted by atomic mass is 79.9. The predicted octanol–water partition coefficient (Wildman–Crippen LogP) is 1.52. The number of tetrazole rings is 1. The first-order valence-electron chi connectivity index (χ1n) is 5.82. The lowest BCUT2D eigenvalue weighted by molar-refractivity contribution is 0.599. The summed E-state index contributed by atoms with van der Waals surface area (Å²) < 4.78 is 1.09. The second-order valence-electron chi connectivity index (χ2n) is 4.21. The molecule has 1 atom stereocenters. The number of nitrogens with one attached hydrogen (secondary N) is 1. The average molecular weight is 310 g/mol. The van der Waals surface area contributed by atoms with E-state index >= 15 is 0 Å². The maximum atomic E-state index is 4.23. The highest BCUT2D eigenvalue weighted by Crippen LogP contribution is 2.21. The van der Waals surface area contributed by atoms with E-state index in [1.54, 1.807) is 7.05 Å². The van der Waals surface area contributed by atoms with E-state index in [-0.39, 0.29) is 0 Å². The van der Waals surface area contributed by atoms with Gasteiger partial charge in [-0.15, -0.1) is 10.2 Å². The minimum absolute atomic E-state index is 0.354. The minimum atomic E-state index is 0.354. The third-order valence-electron chi connectivity index (χ3n) is 2.77. The van der Waals surface area contributed by atoms with Gasteiger partial charge in [0.05, 0.1) is 7.05 Å². The molecule has 0 bridgehead atoms. The lowest BCUT2D eigenvalue weighted by atomic mass is 9.95. The second kappa shape index (κ2) is 6.06. The molecular weight excluding hydrogens is 294 g/mol. The third kappa shape index (κ3) is 3.36. The van der Waals surface area contributed by atoms with Gasteiger partial charge in [-0.05, 0) is 30.0 Å². The van der Waals surface area contributed by atoms with Gasteiger partial charge in [-0.3, -0.25) is 0 Å². The molecule has 6 heteroatoms. The summed E-state index contributed by atoms with van der Waals surface area (Å²) in [6.07, 6.45) is 0.788. The lowest BCUT2D eigenvalue weighted by Crippen LogP contribution is -2.19. The molecule has 0 spiro atoms. The molecule has 0 aliphatic carbocycles. The number of aryl methyl sites for hydroxylation is 1. The predicted molar refractivity (Wildman–Crippen MR) is 73.3 cm³/mol. The number of halogens is 1. The molecular formula is C12H16BrN5. The molecule has 96 valence electrons. The van der Waals surface area contributed by atoms with Crippen molar-refractivity contribution in [3.05, 3.63) is 40.1 Å². The van der Waals surface area contributed by atoms with Gasteiger partial charge in [0.1, 0.15) is 0 Å². The highest BCUT2D eigenvalue weighted by molar-refractivity contribution is 9.10. The van der Waals surface area contributed by atoms with Crippen LogP contribution >= 0.6 is 15.9 Å². The van der Waals surface area contributed by atoms with Crippen LogP contribution in [0.1, 0.15) is 17.3 Å². The largest absolute Gasteiger partial charge is 0.319 e. The Morgan fingerprint density at radius 2 is 2.06 bits per heavy atom. The number of nitrogens with zero attached hydrogens (tertiary/aromatic N) is 4. The van der Waals surface area contributed by atoms with Crippen molar-refractivity contribution < 1.29 is 0 Å². The van der Waals surface area contributed by atoms with Crippen LogP contribution in [0.5, 0.6) is 0 Å². The SMILES string of the molecule is CNCC(Cc1nnn(C)n1)c1ccc(Br)cc1. The standard InChI is InChI=1S/C12H16BrN5/c1-14-8-10(7-12-15-17-18(2)16-12)9-3-5-11(13)6-4-9/h3-6,10,14H,7-8H2,1-2H3. The van der Waals surface area contributed by atoms with Gasteiger partial charge in [-0.1, -0.05) is 28.1 Å². The maximum absolute atomic E-state index is 4.23. The van der Waals surface area contributed by atoms with Crippen LogP contribution in [-0.2, 0) is 13.5 Å². The Labute approximate surface area is 115 Å². The van der Waals surface area contributed by atoms with Crippen LogP contribution in [0.25, 0.3) is 0 Å². The van der Waals surface area contributed by atoms with Gasteiger partial charge in [0, 0.05) is 23.4 Å². The van der Waals surface area contributed by atoms with Crippen molar-refractivity contribution in [2.24, 2.45) is 7.05 Å². The van der Waals surface area contributed by atoms with Crippen LogP contribution in [0.15, 0.2) is 28.7 Å². The topological polar surface area (TPSA) is 55.6 Å². The molecule has 0 aliphatic heterocycles. The van der Waals surface area contributed by atoms with Crippen molar-refractivity contribution in [3.8, 4) is 0 Å². The molecule has 2 rings (SSSR count). The molecule has 1 unspecified atom stereocenters. The number of benzene rings is 1. The summed E-state index contributed by atoms with van der Waals surface area (Å²) in [5.74, 6) is 1.13. The van der Waals surface area contributed by atoms with Gasteiger partial charge in [0.15, 0.2) is 5.82 Å². The van der Waals surface area contributed by atoms with E-state index in [4.69, 9.17) is 0 Å². The molecule has 5 nitrogen and oxygen atoms in total. The number of hydrogen-bond acceptors (Lipinski definition) is 4. The van der Waals surface area contributed by atoms with Crippen molar-refractivity contribution >= 4 is 15.9 Å². The van der Waals surface area contributed by atoms with Crippen molar-refractivity contribution in [2.45, 2.75) is 12.3 Å². The molecule has 0 saturated carbocycles. The Kier molecular flexibility index (Phi) is 4.43. The van der Waals surface area contributed by atoms with Crippen molar-refractivity contribution in [3.63, 3.8) is 0 Å². The van der Waals surface area contributed by atoms with E-state index in [0.29, 0.717) is 5.92 Å². The van der Waals surface area contributed by atoms with Crippen molar-refractivity contribution in [2.75, 3.05) is 13.6 Å². The molecule has 0 radical (unpaired) electrons. The first-order chi connectivity index (χ1) is 8.69. The fraction of sp³-hybridized carbons (Fsp3) is 0.417. The summed E-state index contributed by atoms with van der Waals surface area (Å²) in [5.41, 5.74) is 1.28. The zero-order chi connectivity index (χ0) is 13.0. The molecule has 1 N–H and O–H groups in total. The fourth-order valence-electron chi connectivity index (χ4n) is 1.91. The quantitative estimate of drug-likeness (QED) is 0.910. The number of hydrogen-bond donors (Lipinski definition) is 1. The van der Waals surface area contributed by atoms with Crippen LogP contribution in [0.2, 0.25) is 0 Å². The number of rotatable bonds is 5. The van der Waals surface area contributed by atoms with Gasteiger partial charge < -0.3 is 5.32 Å². The fourth-order valence-corrected chi connectivity index (χ4v) is 2.18. The van der Waals surface area contributed by atoms with Gasteiger partial charge in [-0.2, -0.15) is 4.80 Å². The molecule has 0 saturated heterocycles.